The van der Waals surface area contributed by atoms with Crippen molar-refractivity contribution < 1.29 is 13.2 Å². The molecule has 3 aromatic rings. The van der Waals surface area contributed by atoms with E-state index >= 15 is 0 Å². The second-order valence-electron chi connectivity index (χ2n) is 7.70. The van der Waals surface area contributed by atoms with E-state index in [2.05, 4.69) is 22.5 Å². The molecule has 2 aromatic carbocycles. The third-order valence-corrected chi connectivity index (χ3v) is 7.53. The van der Waals surface area contributed by atoms with Crippen molar-refractivity contribution in [2.75, 3.05) is 32.6 Å². The number of nitrogens with zero attached hydrogens (tertiary/aromatic N) is 4. The van der Waals surface area contributed by atoms with Gasteiger partial charge in [0.05, 0.1) is 35.3 Å². The molecule has 2 heterocycles. The van der Waals surface area contributed by atoms with E-state index in [1.807, 2.05) is 18.2 Å². The van der Waals surface area contributed by atoms with Crippen LogP contribution in [0.4, 0.5) is 5.69 Å². The maximum Gasteiger partial charge on any atom is 0.242 e. The second-order valence-corrected chi connectivity index (χ2v) is 9.86. The van der Waals surface area contributed by atoms with Crippen LogP contribution in [0.15, 0.2) is 41.3 Å². The highest BCUT2D eigenvalue weighted by molar-refractivity contribution is 7.89. The second kappa shape index (κ2) is 7.92. The molecule has 160 valence electrons. The van der Waals surface area contributed by atoms with Crippen molar-refractivity contribution in [3.05, 3.63) is 47.8 Å². The van der Waals surface area contributed by atoms with Crippen LogP contribution in [0.2, 0.25) is 0 Å². The SMILES string of the molecule is CCn1c(CN2CCCc3cccc(OC)c32)nc2cc(S(=O)(=O)N(C)C)ccc21. The lowest BCUT2D eigenvalue weighted by molar-refractivity contribution is 0.412. The zero-order valence-electron chi connectivity index (χ0n) is 17.9. The molecule has 1 aromatic heterocycles. The number of hydrogen-bond donors (Lipinski definition) is 0. The van der Waals surface area contributed by atoms with Gasteiger partial charge in [0.2, 0.25) is 10.0 Å². The number of aromatic nitrogens is 2. The number of sulfonamides is 1. The van der Waals surface area contributed by atoms with Crippen LogP contribution in [-0.4, -0.2) is 50.0 Å². The predicted octanol–water partition coefficient (Wildman–Crippen LogP) is 3.27. The summed E-state index contributed by atoms with van der Waals surface area (Å²) in [4.78, 5) is 7.42. The minimum atomic E-state index is -3.50. The number of rotatable bonds is 6. The summed E-state index contributed by atoms with van der Waals surface area (Å²) in [5.41, 5.74) is 4.07. The fourth-order valence-electron chi connectivity index (χ4n) is 4.20. The molecule has 0 spiro atoms. The van der Waals surface area contributed by atoms with Crippen molar-refractivity contribution in [1.29, 1.82) is 0 Å². The molecule has 30 heavy (non-hydrogen) atoms. The Morgan fingerprint density at radius 1 is 1.20 bits per heavy atom. The summed E-state index contributed by atoms with van der Waals surface area (Å²) in [6, 6.07) is 11.4. The maximum atomic E-state index is 12.5. The number of ether oxygens (including phenoxy) is 1. The molecule has 0 bridgehead atoms. The summed E-state index contributed by atoms with van der Waals surface area (Å²) in [5.74, 6) is 1.80. The highest BCUT2D eigenvalue weighted by Gasteiger charge is 2.24. The summed E-state index contributed by atoms with van der Waals surface area (Å²) in [7, 11) is 1.28. The molecular weight excluding hydrogens is 400 g/mol. The van der Waals surface area contributed by atoms with Crippen LogP contribution < -0.4 is 9.64 Å². The Morgan fingerprint density at radius 3 is 2.70 bits per heavy atom. The van der Waals surface area contributed by atoms with Crippen LogP contribution in [0.25, 0.3) is 11.0 Å². The Hall–Kier alpha value is -2.58. The van der Waals surface area contributed by atoms with Gasteiger partial charge in [-0.15, -0.1) is 0 Å². The number of para-hydroxylation sites is 1. The van der Waals surface area contributed by atoms with Gasteiger partial charge in [0.1, 0.15) is 11.6 Å². The molecule has 0 unspecified atom stereocenters. The largest absolute Gasteiger partial charge is 0.495 e. The molecule has 0 radical (unpaired) electrons. The summed E-state index contributed by atoms with van der Waals surface area (Å²) in [6.45, 7) is 4.42. The van der Waals surface area contributed by atoms with E-state index in [4.69, 9.17) is 9.72 Å². The van der Waals surface area contributed by atoms with Crippen LogP contribution in [-0.2, 0) is 29.5 Å². The molecule has 0 amide bonds. The molecule has 7 nitrogen and oxygen atoms in total. The third kappa shape index (κ3) is 3.44. The fraction of sp³-hybridized carbons (Fsp3) is 0.409. The number of fused-ring (bicyclic) bond motifs is 2. The highest BCUT2D eigenvalue weighted by atomic mass is 32.2. The topological polar surface area (TPSA) is 67.7 Å². The number of methoxy groups -OCH3 is 1. The molecule has 1 aliphatic heterocycles. The van der Waals surface area contributed by atoms with E-state index in [1.165, 1.54) is 24.0 Å². The molecule has 0 saturated heterocycles. The number of anilines is 1. The quantitative estimate of drug-likeness (QED) is 0.603. The van der Waals surface area contributed by atoms with Crippen molar-refractivity contribution in [2.24, 2.45) is 0 Å². The van der Waals surface area contributed by atoms with Gasteiger partial charge in [0.25, 0.3) is 0 Å². The zero-order chi connectivity index (χ0) is 21.5. The minimum absolute atomic E-state index is 0.261. The number of hydrogen-bond acceptors (Lipinski definition) is 5. The normalized spacial score (nSPS) is 14.4. The minimum Gasteiger partial charge on any atom is -0.495 e. The highest BCUT2D eigenvalue weighted by Crippen LogP contribution is 2.37. The van der Waals surface area contributed by atoms with Crippen molar-refractivity contribution in [3.63, 3.8) is 0 Å². The Labute approximate surface area is 177 Å². The summed E-state index contributed by atoms with van der Waals surface area (Å²) >= 11 is 0. The zero-order valence-corrected chi connectivity index (χ0v) is 18.7. The van der Waals surface area contributed by atoms with Gasteiger partial charge >= 0.3 is 0 Å². The van der Waals surface area contributed by atoms with E-state index in [0.29, 0.717) is 12.1 Å². The standard InChI is InChI=1S/C22H28N4O3S/c1-5-26-19-12-11-17(30(27,28)24(2)3)14-18(19)23-21(26)15-25-13-7-9-16-8-6-10-20(29-4)22(16)25/h6,8,10-12,14H,5,7,9,13,15H2,1-4H3. The molecular formula is C22H28N4O3S. The average molecular weight is 429 g/mol. The van der Waals surface area contributed by atoms with E-state index in [-0.39, 0.29) is 4.90 Å². The van der Waals surface area contributed by atoms with Crippen LogP contribution in [0.5, 0.6) is 5.75 Å². The van der Waals surface area contributed by atoms with Gasteiger partial charge < -0.3 is 14.2 Å². The summed E-state index contributed by atoms with van der Waals surface area (Å²) in [6.07, 6.45) is 2.12. The smallest absolute Gasteiger partial charge is 0.242 e. The molecule has 0 fully saturated rings. The Morgan fingerprint density at radius 2 is 2.00 bits per heavy atom. The third-order valence-electron chi connectivity index (χ3n) is 5.72. The van der Waals surface area contributed by atoms with E-state index < -0.39 is 10.0 Å². The lowest BCUT2D eigenvalue weighted by atomic mass is 10.0. The van der Waals surface area contributed by atoms with E-state index in [0.717, 1.165) is 48.7 Å². The number of imidazole rings is 1. The van der Waals surface area contributed by atoms with Crippen LogP contribution in [0.3, 0.4) is 0 Å². The number of aryl methyl sites for hydroxylation is 2. The summed E-state index contributed by atoms with van der Waals surface area (Å²) in [5, 5.41) is 0. The number of benzene rings is 2. The Bertz CT molecular complexity index is 1170. The first-order valence-electron chi connectivity index (χ1n) is 10.2. The lowest BCUT2D eigenvalue weighted by Crippen LogP contribution is -2.30. The molecule has 1 aliphatic rings. The van der Waals surface area contributed by atoms with Crippen LogP contribution in [0, 0.1) is 0 Å². The monoisotopic (exact) mass is 428 g/mol. The van der Waals surface area contributed by atoms with Gasteiger partial charge in [0, 0.05) is 27.2 Å². The van der Waals surface area contributed by atoms with Gasteiger partial charge in [0.15, 0.2) is 0 Å². The average Bonchev–Trinajstić information content (AvgIpc) is 3.09. The molecule has 8 heteroatoms. The molecule has 0 saturated carbocycles. The molecule has 4 rings (SSSR count). The van der Waals surface area contributed by atoms with Crippen LogP contribution in [0.1, 0.15) is 24.7 Å². The van der Waals surface area contributed by atoms with Crippen molar-refractivity contribution in [3.8, 4) is 5.75 Å². The van der Waals surface area contributed by atoms with Crippen molar-refractivity contribution >= 4 is 26.7 Å². The first kappa shape index (κ1) is 20.7. The van der Waals surface area contributed by atoms with Gasteiger partial charge in [-0.2, -0.15) is 0 Å². The molecule has 0 atom stereocenters. The van der Waals surface area contributed by atoms with Gasteiger partial charge in [-0.1, -0.05) is 12.1 Å². The first-order chi connectivity index (χ1) is 14.4. The molecule has 0 N–H and O–H groups in total. The molecule has 0 aliphatic carbocycles. The summed E-state index contributed by atoms with van der Waals surface area (Å²) < 4.78 is 34.1. The first-order valence-corrected chi connectivity index (χ1v) is 11.6. The lowest BCUT2D eigenvalue weighted by Gasteiger charge is -2.32. The van der Waals surface area contributed by atoms with Crippen LogP contribution >= 0.6 is 0 Å². The van der Waals surface area contributed by atoms with Gasteiger partial charge in [-0.25, -0.2) is 17.7 Å². The fourth-order valence-corrected chi connectivity index (χ4v) is 5.12. The van der Waals surface area contributed by atoms with E-state index in [1.54, 1.807) is 19.2 Å². The van der Waals surface area contributed by atoms with Gasteiger partial charge in [-0.05, 0) is 49.6 Å². The Kier molecular flexibility index (Phi) is 5.46. The maximum absolute atomic E-state index is 12.5. The van der Waals surface area contributed by atoms with Gasteiger partial charge in [-0.3, -0.25) is 0 Å². The van der Waals surface area contributed by atoms with E-state index in [9.17, 15) is 8.42 Å². The van der Waals surface area contributed by atoms with Crippen molar-refractivity contribution in [1.82, 2.24) is 13.9 Å². The van der Waals surface area contributed by atoms with Crippen molar-refractivity contribution in [2.45, 2.75) is 37.8 Å². The Balaban J connectivity index is 1.76. The predicted molar refractivity (Wildman–Crippen MR) is 119 cm³/mol.